The maximum atomic E-state index is 13.8. The molecule has 3 unspecified atom stereocenters. The van der Waals surface area contributed by atoms with E-state index in [1.807, 2.05) is 0 Å². The summed E-state index contributed by atoms with van der Waals surface area (Å²) in [5, 5.41) is 14.2. The Hall–Kier alpha value is -2.80. The number of ether oxygens (including phenoxy) is 1. The highest BCUT2D eigenvalue weighted by Gasteiger charge is 2.44. The fraction of sp³-hybridized carbons (Fsp3) is 0.545. The van der Waals surface area contributed by atoms with Crippen molar-refractivity contribution in [3.8, 4) is 5.75 Å². The minimum absolute atomic E-state index is 0.0508. The number of imidazole rings is 1. The fourth-order valence-corrected chi connectivity index (χ4v) is 4.48. The number of alkyl halides is 6. The van der Waals surface area contributed by atoms with E-state index in [0.717, 1.165) is 12.3 Å². The molecular weight excluding hydrogens is 482 g/mol. The molecular formula is C22H24F6N4O3. The first kappa shape index (κ1) is 25.3. The molecule has 192 valence electrons. The molecule has 3 atom stereocenters. The lowest BCUT2D eigenvalue weighted by molar-refractivity contribution is -0.157. The van der Waals surface area contributed by atoms with Crippen molar-refractivity contribution >= 4 is 11.0 Å². The minimum Gasteiger partial charge on any atom is -0.492 e. The topological polar surface area (TPSA) is 85.3 Å². The minimum atomic E-state index is -4.80. The van der Waals surface area contributed by atoms with Crippen LogP contribution >= 0.6 is 0 Å². The molecule has 0 amide bonds. The van der Waals surface area contributed by atoms with Crippen LogP contribution in [0.25, 0.3) is 11.0 Å². The average Bonchev–Trinajstić information content (AvgIpc) is 3.38. The molecule has 4 rings (SSSR count). The van der Waals surface area contributed by atoms with Gasteiger partial charge in [0.15, 0.2) is 0 Å². The molecule has 3 heterocycles. The summed E-state index contributed by atoms with van der Waals surface area (Å²) in [7, 11) is 0. The lowest BCUT2D eigenvalue weighted by Crippen LogP contribution is -2.53. The average molecular weight is 506 g/mol. The van der Waals surface area contributed by atoms with E-state index in [9.17, 15) is 31.4 Å². The van der Waals surface area contributed by atoms with Crippen molar-refractivity contribution in [2.75, 3.05) is 6.61 Å². The highest BCUT2D eigenvalue weighted by molar-refractivity contribution is 5.81. The number of rotatable bonds is 5. The standard InChI is InChI=1S/C22H24F6N4O3/c1-11(2)32-10-29-16-5-14(4-15(18(16)32)21(23,24)25)34-8-13-7-20(33,6-12(3)30-13)17-9-35-19(31-17)22(26,27)28/h4-5,9-13,30,33H,6-8H2,1-3H3. The van der Waals surface area contributed by atoms with Crippen molar-refractivity contribution in [3.63, 3.8) is 0 Å². The number of oxazole rings is 1. The highest BCUT2D eigenvalue weighted by atomic mass is 19.4. The van der Waals surface area contributed by atoms with Crippen molar-refractivity contribution in [1.29, 1.82) is 0 Å². The molecule has 0 saturated carbocycles. The number of aliphatic hydroxyl groups is 1. The van der Waals surface area contributed by atoms with Gasteiger partial charge in [0, 0.05) is 30.6 Å². The zero-order valence-corrected chi connectivity index (χ0v) is 19.0. The van der Waals surface area contributed by atoms with Gasteiger partial charge in [0.2, 0.25) is 0 Å². The predicted octanol–water partition coefficient (Wildman–Crippen LogP) is 5.05. The van der Waals surface area contributed by atoms with Gasteiger partial charge in [-0.3, -0.25) is 0 Å². The smallest absolute Gasteiger partial charge is 0.468 e. The summed E-state index contributed by atoms with van der Waals surface area (Å²) in [5.74, 6) is -1.53. The largest absolute Gasteiger partial charge is 0.492 e. The second-order valence-electron chi connectivity index (χ2n) is 9.13. The molecule has 3 aromatic rings. The third-order valence-electron chi connectivity index (χ3n) is 5.93. The molecule has 0 spiro atoms. The van der Waals surface area contributed by atoms with Crippen LogP contribution in [-0.4, -0.2) is 38.3 Å². The first-order valence-corrected chi connectivity index (χ1v) is 10.9. The summed E-state index contributed by atoms with van der Waals surface area (Å²) >= 11 is 0. The Bertz CT molecular complexity index is 1200. The lowest BCUT2D eigenvalue weighted by Gasteiger charge is -2.39. The van der Waals surface area contributed by atoms with E-state index in [2.05, 4.69) is 19.7 Å². The molecule has 0 bridgehead atoms. The van der Waals surface area contributed by atoms with E-state index in [0.29, 0.717) is 0 Å². The number of nitrogens with one attached hydrogen (secondary N) is 1. The Morgan fingerprint density at radius 1 is 1.20 bits per heavy atom. The van der Waals surface area contributed by atoms with Gasteiger partial charge in [-0.15, -0.1) is 0 Å². The quantitative estimate of drug-likeness (QED) is 0.471. The number of hydrogen-bond donors (Lipinski definition) is 2. The second-order valence-corrected chi connectivity index (χ2v) is 9.13. The monoisotopic (exact) mass is 506 g/mol. The molecule has 2 aromatic heterocycles. The Morgan fingerprint density at radius 2 is 1.91 bits per heavy atom. The summed E-state index contributed by atoms with van der Waals surface area (Å²) in [6, 6.07) is 1.12. The molecule has 13 heteroatoms. The lowest BCUT2D eigenvalue weighted by atomic mass is 9.82. The molecule has 7 nitrogen and oxygen atoms in total. The molecule has 1 aliphatic rings. The van der Waals surface area contributed by atoms with Gasteiger partial charge < -0.3 is 24.1 Å². The zero-order chi connectivity index (χ0) is 25.8. The van der Waals surface area contributed by atoms with Crippen LogP contribution in [-0.2, 0) is 18.0 Å². The Balaban J connectivity index is 1.56. The first-order valence-electron chi connectivity index (χ1n) is 10.9. The first-order chi connectivity index (χ1) is 16.2. The fourth-order valence-electron chi connectivity index (χ4n) is 4.48. The van der Waals surface area contributed by atoms with Crippen LogP contribution in [0.3, 0.4) is 0 Å². The summed E-state index contributed by atoms with van der Waals surface area (Å²) in [4.78, 5) is 7.49. The number of halogens is 6. The normalized spacial score (nSPS) is 23.9. The van der Waals surface area contributed by atoms with Gasteiger partial charge in [0.1, 0.15) is 29.9 Å². The van der Waals surface area contributed by atoms with E-state index in [-0.39, 0.29) is 54.0 Å². The molecule has 35 heavy (non-hydrogen) atoms. The summed E-state index contributed by atoms with van der Waals surface area (Å²) < 4.78 is 91.6. The van der Waals surface area contributed by atoms with Crippen molar-refractivity contribution < 1.29 is 40.6 Å². The van der Waals surface area contributed by atoms with E-state index >= 15 is 0 Å². The van der Waals surface area contributed by atoms with Gasteiger partial charge in [0.25, 0.3) is 0 Å². The van der Waals surface area contributed by atoms with Crippen molar-refractivity contribution in [2.45, 2.75) is 69.7 Å². The second kappa shape index (κ2) is 8.70. The van der Waals surface area contributed by atoms with E-state index in [1.54, 1.807) is 20.8 Å². The van der Waals surface area contributed by atoms with E-state index < -0.39 is 35.4 Å². The van der Waals surface area contributed by atoms with Gasteiger partial charge in [-0.25, -0.2) is 9.97 Å². The molecule has 1 saturated heterocycles. The van der Waals surface area contributed by atoms with Crippen molar-refractivity contribution in [2.24, 2.45) is 0 Å². The van der Waals surface area contributed by atoms with Crippen molar-refractivity contribution in [3.05, 3.63) is 41.9 Å². The predicted molar refractivity (Wildman–Crippen MR) is 112 cm³/mol. The van der Waals surface area contributed by atoms with Crippen LogP contribution in [0, 0.1) is 0 Å². The molecule has 1 aliphatic heterocycles. The molecule has 1 fully saturated rings. The number of piperidine rings is 1. The third kappa shape index (κ3) is 5.10. The van der Waals surface area contributed by atoms with Crippen LogP contribution in [0.5, 0.6) is 5.75 Å². The Morgan fingerprint density at radius 3 is 2.51 bits per heavy atom. The SMILES string of the molecule is CC1CC(O)(c2coc(C(F)(F)F)n2)CC(COc2cc(C(F)(F)F)c3c(c2)ncn3C(C)C)N1. The number of nitrogens with zero attached hydrogens (tertiary/aromatic N) is 3. The van der Waals surface area contributed by atoms with Crippen LogP contribution < -0.4 is 10.1 Å². The Kier molecular flexibility index (Phi) is 6.29. The van der Waals surface area contributed by atoms with Crippen LogP contribution in [0.15, 0.2) is 29.1 Å². The van der Waals surface area contributed by atoms with E-state index in [4.69, 9.17) is 4.74 Å². The summed E-state index contributed by atoms with van der Waals surface area (Å²) in [5.41, 5.74) is -2.82. The van der Waals surface area contributed by atoms with Gasteiger partial charge in [-0.05, 0) is 33.3 Å². The van der Waals surface area contributed by atoms with Gasteiger partial charge in [0.05, 0.1) is 22.9 Å². The van der Waals surface area contributed by atoms with Gasteiger partial charge >= 0.3 is 18.2 Å². The zero-order valence-electron chi connectivity index (χ0n) is 19.0. The number of hydrogen-bond acceptors (Lipinski definition) is 6. The highest BCUT2D eigenvalue weighted by Crippen LogP contribution is 2.40. The maximum absolute atomic E-state index is 13.8. The summed E-state index contributed by atoms with van der Waals surface area (Å²) in [6.07, 6.45) is -7.36. The molecule has 0 aliphatic carbocycles. The van der Waals surface area contributed by atoms with E-state index in [1.165, 1.54) is 17.0 Å². The van der Waals surface area contributed by atoms with Crippen LogP contribution in [0.2, 0.25) is 0 Å². The van der Waals surface area contributed by atoms with Gasteiger partial charge in [-0.2, -0.15) is 26.3 Å². The maximum Gasteiger partial charge on any atom is 0.468 e. The number of fused-ring (bicyclic) bond motifs is 1. The molecule has 1 aromatic carbocycles. The van der Waals surface area contributed by atoms with Crippen LogP contribution in [0.4, 0.5) is 26.3 Å². The van der Waals surface area contributed by atoms with Crippen LogP contribution in [0.1, 0.15) is 56.8 Å². The Labute approximate surface area is 196 Å². The number of benzene rings is 1. The summed E-state index contributed by atoms with van der Waals surface area (Å²) in [6.45, 7) is 5.06. The third-order valence-corrected chi connectivity index (χ3v) is 5.93. The molecule has 2 N–H and O–H groups in total. The number of aromatic nitrogens is 3. The molecule has 0 radical (unpaired) electrons. The van der Waals surface area contributed by atoms with Gasteiger partial charge in [-0.1, -0.05) is 0 Å². The van der Waals surface area contributed by atoms with Crippen molar-refractivity contribution in [1.82, 2.24) is 19.9 Å².